The molecule has 1 amide bonds. The maximum atomic E-state index is 17.1. The summed E-state index contributed by atoms with van der Waals surface area (Å²) < 4.78 is 35.3. The molecule has 5 rings (SSSR count). The van der Waals surface area contributed by atoms with Crippen LogP contribution in [0.5, 0.6) is 0 Å². The van der Waals surface area contributed by atoms with Gasteiger partial charge in [-0.3, -0.25) is 14.7 Å². The van der Waals surface area contributed by atoms with Gasteiger partial charge in [0.25, 0.3) is 0 Å². The van der Waals surface area contributed by atoms with Crippen LogP contribution in [0.4, 0.5) is 16.2 Å². The number of aromatic nitrogens is 4. The number of carbonyl (C=O) groups excluding carboxylic acids is 3. The fourth-order valence-corrected chi connectivity index (χ4v) is 4.69. The summed E-state index contributed by atoms with van der Waals surface area (Å²) in [6.07, 6.45) is -4.26. The van der Waals surface area contributed by atoms with Gasteiger partial charge >= 0.3 is 11.9 Å². The van der Waals surface area contributed by atoms with Crippen molar-refractivity contribution in [1.82, 2.24) is 19.5 Å². The van der Waals surface area contributed by atoms with Crippen molar-refractivity contribution in [3.8, 4) is 0 Å². The third-order valence-corrected chi connectivity index (χ3v) is 7.14. The summed E-state index contributed by atoms with van der Waals surface area (Å²) in [6, 6.07) is 14.4. The molecule has 3 heterocycles. The van der Waals surface area contributed by atoms with Crippen LogP contribution in [0.15, 0.2) is 60.9 Å². The van der Waals surface area contributed by atoms with E-state index in [9.17, 15) is 19.5 Å². The molecule has 2 aromatic heterocycles. The summed E-state index contributed by atoms with van der Waals surface area (Å²) in [7, 11) is 1.58. The molecule has 4 atom stereocenters. The first-order valence-electron chi connectivity index (χ1n) is 13.8. The molecule has 2 aromatic carbocycles. The normalized spacial score (nSPS) is 21.3. The molecule has 14 heteroatoms. The molecule has 44 heavy (non-hydrogen) atoms. The van der Waals surface area contributed by atoms with Crippen molar-refractivity contribution < 1.29 is 38.1 Å². The third kappa shape index (κ3) is 5.68. The summed E-state index contributed by atoms with van der Waals surface area (Å²) in [5.41, 5.74) is -1.77. The minimum Gasteiger partial charge on any atom is -0.448 e. The van der Waals surface area contributed by atoms with Gasteiger partial charge < -0.3 is 24.6 Å². The molecular weight excluding hydrogens is 575 g/mol. The maximum Gasteiger partial charge on any atom is 0.340 e. The van der Waals surface area contributed by atoms with E-state index in [0.717, 1.165) is 4.57 Å². The predicted octanol–water partition coefficient (Wildman–Crippen LogP) is 3.41. The minimum absolute atomic E-state index is 0.0166. The number of fused-ring (bicyclic) bond motifs is 1. The fourth-order valence-electron chi connectivity index (χ4n) is 4.69. The smallest absolute Gasteiger partial charge is 0.340 e. The van der Waals surface area contributed by atoms with E-state index < -0.39 is 42.8 Å². The number of carbonyl (C=O) groups is 3. The van der Waals surface area contributed by atoms with Gasteiger partial charge in [-0.1, -0.05) is 50.2 Å². The number of nitrogens with one attached hydrogen (secondary N) is 2. The molecule has 4 aromatic rings. The van der Waals surface area contributed by atoms with Crippen molar-refractivity contribution in [3.05, 3.63) is 77.6 Å². The monoisotopic (exact) mass is 606 g/mol. The Kier molecular flexibility index (Phi) is 8.56. The molecule has 3 N–H and O–H groups in total. The number of hydrogen-bond acceptors (Lipinski definition) is 11. The highest BCUT2D eigenvalue weighted by atomic mass is 19.1. The highest BCUT2D eigenvalue weighted by Crippen LogP contribution is 2.45. The van der Waals surface area contributed by atoms with Gasteiger partial charge in [0.05, 0.1) is 24.1 Å². The Morgan fingerprint density at radius 1 is 1.07 bits per heavy atom. The maximum absolute atomic E-state index is 17.1. The van der Waals surface area contributed by atoms with Crippen LogP contribution in [0.2, 0.25) is 0 Å². The van der Waals surface area contributed by atoms with E-state index in [-0.39, 0.29) is 45.9 Å². The van der Waals surface area contributed by atoms with Crippen LogP contribution in [0.25, 0.3) is 11.2 Å². The molecule has 0 bridgehead atoms. The van der Waals surface area contributed by atoms with Gasteiger partial charge in [0.1, 0.15) is 0 Å². The lowest BCUT2D eigenvalue weighted by Crippen LogP contribution is -2.49. The van der Waals surface area contributed by atoms with Crippen molar-refractivity contribution >= 4 is 40.8 Å². The molecular formula is C30H31FN6O7. The number of benzene rings is 2. The van der Waals surface area contributed by atoms with E-state index in [1.807, 2.05) is 0 Å². The third-order valence-electron chi connectivity index (χ3n) is 7.14. The van der Waals surface area contributed by atoms with Gasteiger partial charge in [-0.15, -0.1) is 0 Å². The number of nitrogens with zero attached hydrogens (tertiary/aromatic N) is 4. The van der Waals surface area contributed by atoms with E-state index in [0.29, 0.717) is 5.56 Å². The summed E-state index contributed by atoms with van der Waals surface area (Å²) in [4.78, 5) is 51.6. The van der Waals surface area contributed by atoms with Crippen LogP contribution in [0.1, 0.15) is 46.4 Å². The molecule has 1 aliphatic heterocycles. The van der Waals surface area contributed by atoms with E-state index in [4.69, 9.17) is 14.2 Å². The largest absolute Gasteiger partial charge is 0.448 e. The number of esters is 2. The number of aliphatic hydroxyl groups excluding tert-OH is 1. The lowest BCUT2D eigenvalue weighted by Gasteiger charge is -2.29. The standard InChI is InChI=1S/C30H31FN6O7/c1-16(2)24(39)36-29-34-22(32-4)20-23(35-29)37(15-33-20)28-30(31,14-38)21(42-25(40)18-11-6-5-7-12-18)27(44-28)43-26(41)19-13-9-8-10-17(19)3/h5-13,15-16,21,27-28,38H,14H2,1-4H3,(H2,32,34,35,36,39)/t21-,27+,28-,30-/m1/s1. The number of anilines is 2. The fraction of sp³-hybridized carbons (Fsp3) is 0.333. The molecule has 0 radical (unpaired) electrons. The predicted molar refractivity (Wildman–Crippen MR) is 155 cm³/mol. The SMILES string of the molecule is CNc1nc(NC(=O)C(C)C)nc2c1ncn2[C@@H]1O[C@H](OC(=O)c2ccccc2C)[C@@H](OC(=O)c2ccccc2)[C@]1(F)CO. The Morgan fingerprint density at radius 3 is 2.43 bits per heavy atom. The number of ether oxygens (including phenoxy) is 3. The van der Waals surface area contributed by atoms with Gasteiger partial charge in [-0.25, -0.2) is 19.0 Å². The number of imidazole rings is 1. The molecule has 0 spiro atoms. The van der Waals surface area contributed by atoms with Crippen molar-refractivity contribution in [3.63, 3.8) is 0 Å². The van der Waals surface area contributed by atoms with Gasteiger partial charge in [-0.2, -0.15) is 9.97 Å². The highest BCUT2D eigenvalue weighted by molar-refractivity contribution is 5.93. The van der Waals surface area contributed by atoms with E-state index in [1.54, 1.807) is 64.2 Å². The number of halogens is 1. The number of alkyl halides is 1. The number of aliphatic hydroxyl groups is 1. The molecule has 230 valence electrons. The Labute approximate surface area is 251 Å². The second kappa shape index (κ2) is 12.3. The zero-order valence-corrected chi connectivity index (χ0v) is 24.4. The van der Waals surface area contributed by atoms with Crippen LogP contribution in [0.3, 0.4) is 0 Å². The zero-order valence-electron chi connectivity index (χ0n) is 24.4. The topological polar surface area (TPSA) is 167 Å². The molecule has 0 saturated carbocycles. The van der Waals surface area contributed by atoms with Crippen LogP contribution in [0, 0.1) is 12.8 Å². The first-order valence-corrected chi connectivity index (χ1v) is 13.8. The number of aryl methyl sites for hydroxylation is 1. The van der Waals surface area contributed by atoms with Gasteiger partial charge in [-0.05, 0) is 30.7 Å². The molecule has 1 aliphatic rings. The Bertz CT molecular complexity index is 1700. The summed E-state index contributed by atoms with van der Waals surface area (Å²) in [6.45, 7) is 3.87. The van der Waals surface area contributed by atoms with Gasteiger partial charge in [0.2, 0.25) is 29.9 Å². The second-order valence-electron chi connectivity index (χ2n) is 10.5. The average Bonchev–Trinajstić information content (AvgIpc) is 3.55. The first-order chi connectivity index (χ1) is 21.1. The number of rotatable bonds is 9. The Morgan fingerprint density at radius 2 is 1.77 bits per heavy atom. The van der Waals surface area contributed by atoms with E-state index in [1.165, 1.54) is 24.5 Å². The van der Waals surface area contributed by atoms with Crippen LogP contribution in [-0.4, -0.2) is 74.2 Å². The van der Waals surface area contributed by atoms with Crippen LogP contribution in [-0.2, 0) is 19.0 Å². The molecule has 13 nitrogen and oxygen atoms in total. The second-order valence-corrected chi connectivity index (χ2v) is 10.5. The van der Waals surface area contributed by atoms with E-state index in [2.05, 4.69) is 25.6 Å². The summed E-state index contributed by atoms with van der Waals surface area (Å²) in [5.74, 6) is -2.41. The van der Waals surface area contributed by atoms with Gasteiger partial charge in [0, 0.05) is 13.0 Å². The van der Waals surface area contributed by atoms with Crippen molar-refractivity contribution in [1.29, 1.82) is 0 Å². The number of amides is 1. The molecule has 0 unspecified atom stereocenters. The minimum atomic E-state index is -2.86. The lowest BCUT2D eigenvalue weighted by atomic mass is 9.99. The lowest BCUT2D eigenvalue weighted by molar-refractivity contribution is -0.148. The molecule has 1 saturated heterocycles. The number of hydrogen-bond donors (Lipinski definition) is 3. The van der Waals surface area contributed by atoms with Crippen molar-refractivity contribution in [2.75, 3.05) is 24.3 Å². The van der Waals surface area contributed by atoms with Gasteiger partial charge in [0.15, 0.2) is 23.2 Å². The highest BCUT2D eigenvalue weighted by Gasteiger charge is 2.63. The van der Waals surface area contributed by atoms with Crippen LogP contribution < -0.4 is 10.6 Å². The summed E-state index contributed by atoms with van der Waals surface area (Å²) >= 11 is 0. The zero-order chi connectivity index (χ0) is 31.6. The Hall–Kier alpha value is -4.95. The first kappa shape index (κ1) is 30.5. The van der Waals surface area contributed by atoms with E-state index >= 15 is 4.39 Å². The average molecular weight is 607 g/mol. The van der Waals surface area contributed by atoms with Crippen LogP contribution >= 0.6 is 0 Å². The Balaban J connectivity index is 1.57. The van der Waals surface area contributed by atoms with Crippen molar-refractivity contribution in [2.24, 2.45) is 5.92 Å². The molecule has 0 aliphatic carbocycles. The quantitative estimate of drug-likeness (QED) is 0.239. The summed E-state index contributed by atoms with van der Waals surface area (Å²) in [5, 5.41) is 15.9. The molecule has 1 fully saturated rings. The van der Waals surface area contributed by atoms with Crippen molar-refractivity contribution in [2.45, 2.75) is 45.1 Å².